The number of rotatable bonds is 7. The van der Waals surface area contributed by atoms with Gasteiger partial charge in [-0.2, -0.15) is 0 Å². The second-order valence-corrected chi connectivity index (χ2v) is 6.19. The third-order valence-electron chi connectivity index (χ3n) is 3.61. The molecule has 3 amide bonds. The highest BCUT2D eigenvalue weighted by atomic mass is 16.4. The molecule has 7 nitrogen and oxygen atoms in total. The fourth-order valence-electron chi connectivity index (χ4n) is 2.22. The predicted molar refractivity (Wildman–Crippen MR) is 77.8 cm³/mol. The molecule has 0 heterocycles. The van der Waals surface area contributed by atoms with E-state index in [1.807, 2.05) is 13.8 Å². The normalized spacial score (nSPS) is 16.0. The largest absolute Gasteiger partial charge is 0.481 e. The quantitative estimate of drug-likeness (QED) is 0.647. The lowest BCUT2D eigenvalue weighted by atomic mass is 9.74. The van der Waals surface area contributed by atoms with Gasteiger partial charge in [-0.05, 0) is 25.2 Å². The summed E-state index contributed by atoms with van der Waals surface area (Å²) in [6, 6.07) is -0.407. The molecule has 0 bridgehead atoms. The number of nitrogens with zero attached hydrogens (tertiary/aromatic N) is 1. The van der Waals surface area contributed by atoms with Crippen LogP contribution >= 0.6 is 0 Å². The van der Waals surface area contributed by atoms with E-state index < -0.39 is 17.5 Å². The summed E-state index contributed by atoms with van der Waals surface area (Å²) in [6.07, 6.45) is 2.16. The molecule has 0 unspecified atom stereocenters. The van der Waals surface area contributed by atoms with E-state index in [1.54, 1.807) is 0 Å². The number of carboxylic acids is 1. The van der Waals surface area contributed by atoms with Gasteiger partial charge in [0, 0.05) is 13.6 Å². The van der Waals surface area contributed by atoms with Crippen molar-refractivity contribution < 1.29 is 19.5 Å². The Morgan fingerprint density at radius 2 is 1.90 bits per heavy atom. The smallest absolute Gasteiger partial charge is 0.318 e. The molecule has 1 aliphatic carbocycles. The molecular weight excluding hydrogens is 274 g/mol. The summed E-state index contributed by atoms with van der Waals surface area (Å²) in [5.74, 6) is -0.795. The van der Waals surface area contributed by atoms with Gasteiger partial charge in [0.1, 0.15) is 6.54 Å². The fourth-order valence-corrected chi connectivity index (χ4v) is 2.22. The van der Waals surface area contributed by atoms with E-state index in [4.69, 9.17) is 5.11 Å². The summed E-state index contributed by atoms with van der Waals surface area (Å²) in [7, 11) is 1.53. The van der Waals surface area contributed by atoms with Gasteiger partial charge in [-0.1, -0.05) is 13.8 Å². The summed E-state index contributed by atoms with van der Waals surface area (Å²) >= 11 is 0. The van der Waals surface area contributed by atoms with Crippen LogP contribution in [0, 0.1) is 5.92 Å². The average Bonchev–Trinajstić information content (AvgIpc) is 2.32. The lowest BCUT2D eigenvalue weighted by molar-refractivity contribution is -0.139. The van der Waals surface area contributed by atoms with E-state index in [9.17, 15) is 14.4 Å². The third kappa shape index (κ3) is 5.61. The van der Waals surface area contributed by atoms with Gasteiger partial charge >= 0.3 is 12.0 Å². The number of likely N-dealkylation sites (N-methyl/N-ethyl adjacent to an activating group) is 1. The van der Waals surface area contributed by atoms with Crippen molar-refractivity contribution in [1.29, 1.82) is 0 Å². The number of carbonyl (C=O) groups is 3. The van der Waals surface area contributed by atoms with E-state index in [-0.39, 0.29) is 18.9 Å². The first-order valence-electron chi connectivity index (χ1n) is 7.26. The Balaban J connectivity index is 2.43. The molecule has 3 N–H and O–H groups in total. The number of carbonyl (C=O) groups excluding carboxylic acids is 2. The molecule has 120 valence electrons. The monoisotopic (exact) mass is 299 g/mol. The minimum atomic E-state index is -0.924. The van der Waals surface area contributed by atoms with Crippen molar-refractivity contribution in [3.8, 4) is 0 Å². The summed E-state index contributed by atoms with van der Waals surface area (Å²) in [5.41, 5.74) is -0.647. The number of urea groups is 1. The number of carboxylic acid groups (broad SMARTS) is 1. The van der Waals surface area contributed by atoms with Crippen LogP contribution < -0.4 is 10.6 Å². The van der Waals surface area contributed by atoms with Crippen molar-refractivity contribution >= 4 is 17.9 Å². The van der Waals surface area contributed by atoms with Gasteiger partial charge in [-0.25, -0.2) is 4.79 Å². The van der Waals surface area contributed by atoms with Gasteiger partial charge in [-0.15, -0.1) is 0 Å². The maximum absolute atomic E-state index is 12.0. The Morgan fingerprint density at radius 3 is 2.33 bits per heavy atom. The Labute approximate surface area is 125 Å². The zero-order valence-corrected chi connectivity index (χ0v) is 12.9. The molecule has 0 aromatic carbocycles. The Morgan fingerprint density at radius 1 is 1.29 bits per heavy atom. The second-order valence-electron chi connectivity index (χ2n) is 6.19. The molecule has 21 heavy (non-hydrogen) atoms. The van der Waals surface area contributed by atoms with Crippen molar-refractivity contribution in [1.82, 2.24) is 15.5 Å². The third-order valence-corrected chi connectivity index (χ3v) is 3.61. The van der Waals surface area contributed by atoms with Crippen LogP contribution in [0.4, 0.5) is 4.79 Å². The zero-order valence-electron chi connectivity index (χ0n) is 12.9. The van der Waals surface area contributed by atoms with Crippen LogP contribution in [0.2, 0.25) is 0 Å². The van der Waals surface area contributed by atoms with E-state index >= 15 is 0 Å². The minimum Gasteiger partial charge on any atom is -0.481 e. The molecule has 0 radical (unpaired) electrons. The number of aliphatic carboxylic acids is 1. The average molecular weight is 299 g/mol. The highest BCUT2D eigenvalue weighted by Gasteiger charge is 2.41. The molecule has 7 heteroatoms. The van der Waals surface area contributed by atoms with Gasteiger partial charge in [0.05, 0.1) is 12.0 Å². The molecule has 1 saturated carbocycles. The molecule has 0 aromatic rings. The molecule has 1 aliphatic rings. The van der Waals surface area contributed by atoms with Gasteiger partial charge < -0.3 is 20.6 Å². The maximum Gasteiger partial charge on any atom is 0.318 e. The van der Waals surface area contributed by atoms with Crippen molar-refractivity contribution in [3.05, 3.63) is 0 Å². The highest BCUT2D eigenvalue weighted by molar-refractivity contribution is 5.84. The van der Waals surface area contributed by atoms with Crippen LogP contribution in [0.25, 0.3) is 0 Å². The maximum atomic E-state index is 12.0. The van der Waals surface area contributed by atoms with Crippen molar-refractivity contribution in [2.75, 3.05) is 20.1 Å². The highest BCUT2D eigenvalue weighted by Crippen LogP contribution is 2.35. The van der Waals surface area contributed by atoms with Crippen LogP contribution in [-0.2, 0) is 9.59 Å². The van der Waals surface area contributed by atoms with Crippen molar-refractivity contribution in [2.45, 2.75) is 45.1 Å². The minimum absolute atomic E-state index is 0.0400. The molecular formula is C14H25N3O4. The van der Waals surface area contributed by atoms with Crippen LogP contribution in [0.1, 0.15) is 39.5 Å². The molecule has 0 saturated heterocycles. The Hall–Kier alpha value is -1.79. The Bertz CT molecular complexity index is 405. The van der Waals surface area contributed by atoms with Crippen LogP contribution in [0.15, 0.2) is 0 Å². The van der Waals surface area contributed by atoms with Crippen LogP contribution in [0.5, 0.6) is 0 Å². The molecule has 0 aromatic heterocycles. The first-order chi connectivity index (χ1) is 9.74. The molecule has 1 fully saturated rings. The lowest BCUT2D eigenvalue weighted by Crippen LogP contribution is -2.58. The summed E-state index contributed by atoms with van der Waals surface area (Å²) in [5, 5.41) is 14.4. The number of hydrogen-bond acceptors (Lipinski definition) is 3. The molecule has 0 atom stereocenters. The number of nitrogens with one attached hydrogen (secondary N) is 2. The summed E-state index contributed by atoms with van der Waals surface area (Å²) in [4.78, 5) is 35.8. The fraction of sp³-hybridized carbons (Fsp3) is 0.786. The summed E-state index contributed by atoms with van der Waals surface area (Å²) in [6.45, 7) is 4.50. The zero-order chi connectivity index (χ0) is 16.0. The lowest BCUT2D eigenvalue weighted by Gasteiger charge is -2.42. The molecule has 0 spiro atoms. The number of hydrogen-bond donors (Lipinski definition) is 3. The van der Waals surface area contributed by atoms with Crippen molar-refractivity contribution in [3.63, 3.8) is 0 Å². The van der Waals surface area contributed by atoms with Gasteiger partial charge in [-0.3, -0.25) is 9.59 Å². The van der Waals surface area contributed by atoms with E-state index in [1.165, 1.54) is 11.9 Å². The predicted octanol–water partition coefficient (Wildman–Crippen LogP) is 0.797. The van der Waals surface area contributed by atoms with E-state index in [0.717, 1.165) is 6.42 Å². The Kier molecular flexibility index (Phi) is 5.99. The molecule has 1 rings (SSSR count). The van der Waals surface area contributed by atoms with Gasteiger partial charge in [0.25, 0.3) is 0 Å². The SMILES string of the molecule is CC(C)CNC(=O)CN(C)C(=O)NC1(CC(=O)O)CCC1. The van der Waals surface area contributed by atoms with Gasteiger partial charge in [0.2, 0.25) is 5.91 Å². The number of amides is 3. The first-order valence-corrected chi connectivity index (χ1v) is 7.26. The van der Waals surface area contributed by atoms with Crippen molar-refractivity contribution in [2.24, 2.45) is 5.92 Å². The van der Waals surface area contributed by atoms with E-state index in [2.05, 4.69) is 10.6 Å². The molecule has 0 aliphatic heterocycles. The van der Waals surface area contributed by atoms with E-state index in [0.29, 0.717) is 25.3 Å². The first kappa shape index (κ1) is 17.3. The topological polar surface area (TPSA) is 98.7 Å². The van der Waals surface area contributed by atoms with Crippen LogP contribution in [-0.4, -0.2) is 53.6 Å². The van der Waals surface area contributed by atoms with Gasteiger partial charge in [0.15, 0.2) is 0 Å². The standard InChI is InChI=1S/C14H25N3O4/c1-10(2)8-15-11(18)9-17(3)13(21)16-14(5-4-6-14)7-12(19)20/h10H,4-9H2,1-3H3,(H,15,18)(H,16,21)(H,19,20). The second kappa shape index (κ2) is 7.28. The summed E-state index contributed by atoms with van der Waals surface area (Å²) < 4.78 is 0. The van der Waals surface area contributed by atoms with Crippen LogP contribution in [0.3, 0.4) is 0 Å².